The van der Waals surface area contributed by atoms with Gasteiger partial charge in [0.25, 0.3) is 0 Å². The van der Waals surface area contributed by atoms with Crippen molar-refractivity contribution in [2.24, 2.45) is 5.41 Å². The Morgan fingerprint density at radius 1 is 1.36 bits per heavy atom. The molecule has 0 radical (unpaired) electrons. The van der Waals surface area contributed by atoms with E-state index in [0.29, 0.717) is 38.1 Å². The van der Waals surface area contributed by atoms with Gasteiger partial charge in [0.1, 0.15) is 5.78 Å². The smallest absolute Gasteiger partial charge is 0.141 e. The molecule has 0 aromatic heterocycles. The summed E-state index contributed by atoms with van der Waals surface area (Å²) in [5.41, 5.74) is -0.386. The lowest BCUT2D eigenvalue weighted by Gasteiger charge is -2.42. The number of carbonyl (C=O) groups is 1. The molecule has 122 valence electrons. The Balaban J connectivity index is 2.61. The van der Waals surface area contributed by atoms with Gasteiger partial charge in [0.05, 0.1) is 19.2 Å². The average molecular weight is 303 g/mol. The van der Waals surface area contributed by atoms with Crippen LogP contribution in [-0.2, 0) is 4.79 Å². The highest BCUT2D eigenvalue weighted by molar-refractivity contribution is 5.86. The zero-order valence-electron chi connectivity index (χ0n) is 14.5. The van der Waals surface area contributed by atoms with E-state index in [0.717, 1.165) is 19.6 Å². The summed E-state index contributed by atoms with van der Waals surface area (Å²) >= 11 is 0. The molecule has 1 saturated heterocycles. The molecule has 2 atom stereocenters. The van der Waals surface area contributed by atoms with Crippen LogP contribution in [0.4, 0.5) is 0 Å². The first-order valence-electron chi connectivity index (χ1n) is 8.29. The lowest BCUT2D eigenvalue weighted by Crippen LogP contribution is -2.52. The second kappa shape index (κ2) is 8.93. The van der Waals surface area contributed by atoms with Gasteiger partial charge in [0.2, 0.25) is 0 Å². The number of carbonyl (C=O) groups excluding carboxylic acids is 1. The average Bonchev–Trinajstić information content (AvgIpc) is 2.50. The Bertz CT molecular complexity index is 467. The third kappa shape index (κ3) is 5.13. The molecule has 0 amide bonds. The Labute approximate surface area is 135 Å². The number of piperidine rings is 1. The highest BCUT2D eigenvalue weighted by Gasteiger charge is 2.40. The van der Waals surface area contributed by atoms with Gasteiger partial charge >= 0.3 is 0 Å². The van der Waals surface area contributed by atoms with Crippen molar-refractivity contribution in [2.45, 2.75) is 53.0 Å². The number of rotatable bonds is 6. The largest absolute Gasteiger partial charge is 0.299 e. The van der Waals surface area contributed by atoms with Crippen molar-refractivity contribution in [1.29, 1.82) is 5.26 Å². The first-order valence-corrected chi connectivity index (χ1v) is 8.29. The fraction of sp³-hybridized carbons (Fsp3) is 0.778. The number of nitrogens with zero attached hydrogens (tertiary/aromatic N) is 3. The maximum absolute atomic E-state index is 12.3. The molecular weight excluding hydrogens is 274 g/mol. The van der Waals surface area contributed by atoms with Crippen molar-refractivity contribution in [3.63, 3.8) is 0 Å². The van der Waals surface area contributed by atoms with E-state index in [1.54, 1.807) is 0 Å². The topological polar surface area (TPSA) is 47.3 Å². The Morgan fingerprint density at radius 3 is 2.64 bits per heavy atom. The fourth-order valence-corrected chi connectivity index (χ4v) is 2.87. The van der Waals surface area contributed by atoms with Crippen LogP contribution in [0.2, 0.25) is 0 Å². The molecule has 22 heavy (non-hydrogen) atoms. The summed E-state index contributed by atoms with van der Waals surface area (Å²) in [5.74, 6) is 6.78. The molecule has 0 unspecified atom stereocenters. The second-order valence-corrected chi connectivity index (χ2v) is 6.42. The van der Waals surface area contributed by atoms with Gasteiger partial charge < -0.3 is 0 Å². The van der Waals surface area contributed by atoms with Crippen molar-refractivity contribution >= 4 is 5.78 Å². The Hall–Kier alpha value is -1.36. The summed E-state index contributed by atoms with van der Waals surface area (Å²) in [4.78, 5) is 16.9. The first kappa shape index (κ1) is 18.7. The monoisotopic (exact) mass is 303 g/mol. The fourth-order valence-electron chi connectivity index (χ4n) is 2.87. The van der Waals surface area contributed by atoms with Crippen molar-refractivity contribution in [1.82, 2.24) is 9.80 Å². The van der Waals surface area contributed by atoms with Crippen LogP contribution in [0.25, 0.3) is 0 Å². The van der Waals surface area contributed by atoms with E-state index in [1.165, 1.54) is 0 Å². The lowest BCUT2D eigenvalue weighted by atomic mass is 9.75. The van der Waals surface area contributed by atoms with Crippen LogP contribution >= 0.6 is 0 Å². The minimum atomic E-state index is -0.386. The minimum absolute atomic E-state index is 0.241. The molecular formula is C18H29N3O. The van der Waals surface area contributed by atoms with Crippen LogP contribution in [0.3, 0.4) is 0 Å². The molecule has 0 aromatic rings. The van der Waals surface area contributed by atoms with Crippen LogP contribution in [0.5, 0.6) is 0 Å². The molecule has 1 aliphatic rings. The van der Waals surface area contributed by atoms with E-state index in [-0.39, 0.29) is 11.5 Å². The molecule has 1 aliphatic heterocycles. The van der Waals surface area contributed by atoms with E-state index < -0.39 is 0 Å². The molecule has 1 rings (SSSR count). The number of likely N-dealkylation sites (tertiary alicyclic amines) is 1. The number of hydrogen-bond donors (Lipinski definition) is 0. The van der Waals surface area contributed by atoms with E-state index in [2.05, 4.69) is 48.5 Å². The van der Waals surface area contributed by atoms with E-state index in [1.807, 2.05) is 6.92 Å². The lowest BCUT2D eigenvalue weighted by molar-refractivity contribution is -0.135. The molecule has 4 nitrogen and oxygen atoms in total. The van der Waals surface area contributed by atoms with Gasteiger partial charge in [-0.15, -0.1) is 0 Å². The standard InChI is InChI=1S/C18H29N3O/c1-5-20(6-2)12-7-8-13-21-15-18(4,10-9-11-19)17(22)14-16(21)3/h16H,5-6,9-10,12-15H2,1-4H3/t16-,18-/m1/s1. The summed E-state index contributed by atoms with van der Waals surface area (Å²) < 4.78 is 0. The van der Waals surface area contributed by atoms with Crippen molar-refractivity contribution in [3.05, 3.63) is 0 Å². The predicted octanol–water partition coefficient (Wildman–Crippen LogP) is 2.30. The van der Waals surface area contributed by atoms with Crippen LogP contribution < -0.4 is 0 Å². The van der Waals surface area contributed by atoms with Gasteiger partial charge in [-0.25, -0.2) is 0 Å². The van der Waals surface area contributed by atoms with Crippen LogP contribution in [0.1, 0.15) is 47.0 Å². The third-order valence-electron chi connectivity index (χ3n) is 4.72. The molecule has 0 saturated carbocycles. The summed E-state index contributed by atoms with van der Waals surface area (Å²) in [6.07, 6.45) is 1.66. The summed E-state index contributed by atoms with van der Waals surface area (Å²) in [7, 11) is 0. The SMILES string of the molecule is CCN(CC)CC#CCN1C[C@@](C)(CCC#N)C(=O)C[C@H]1C. The highest BCUT2D eigenvalue weighted by Crippen LogP contribution is 2.33. The predicted molar refractivity (Wildman–Crippen MR) is 89.2 cm³/mol. The number of nitriles is 1. The van der Waals surface area contributed by atoms with Crippen LogP contribution in [0, 0.1) is 28.6 Å². The molecule has 0 spiro atoms. The van der Waals surface area contributed by atoms with Gasteiger partial charge in [-0.1, -0.05) is 32.6 Å². The van der Waals surface area contributed by atoms with Gasteiger partial charge in [0.15, 0.2) is 0 Å². The molecule has 1 heterocycles. The molecule has 0 N–H and O–H groups in total. The minimum Gasteiger partial charge on any atom is -0.299 e. The van der Waals surface area contributed by atoms with Crippen LogP contribution in [0.15, 0.2) is 0 Å². The Morgan fingerprint density at radius 2 is 2.05 bits per heavy atom. The van der Waals surface area contributed by atoms with Gasteiger partial charge in [-0.2, -0.15) is 5.26 Å². The Kier molecular flexibility index (Phi) is 7.59. The van der Waals surface area contributed by atoms with Crippen molar-refractivity contribution in [3.8, 4) is 17.9 Å². The maximum Gasteiger partial charge on any atom is 0.141 e. The normalized spacial score (nSPS) is 25.6. The number of ketones is 1. The van der Waals surface area contributed by atoms with Gasteiger partial charge in [-0.05, 0) is 26.4 Å². The maximum atomic E-state index is 12.3. The summed E-state index contributed by atoms with van der Waals surface area (Å²) in [5, 5.41) is 8.79. The molecule has 0 aromatic carbocycles. The second-order valence-electron chi connectivity index (χ2n) is 6.42. The molecule has 0 aliphatic carbocycles. The highest BCUT2D eigenvalue weighted by atomic mass is 16.1. The van der Waals surface area contributed by atoms with Crippen molar-refractivity contribution in [2.75, 3.05) is 32.7 Å². The van der Waals surface area contributed by atoms with E-state index in [9.17, 15) is 4.79 Å². The quantitative estimate of drug-likeness (QED) is 0.707. The van der Waals surface area contributed by atoms with Gasteiger partial charge in [0, 0.05) is 30.8 Å². The molecule has 4 heteroatoms. The molecule has 1 fully saturated rings. The number of hydrogen-bond acceptors (Lipinski definition) is 4. The zero-order valence-corrected chi connectivity index (χ0v) is 14.5. The summed E-state index contributed by atoms with van der Waals surface area (Å²) in [6, 6.07) is 2.40. The van der Waals surface area contributed by atoms with Gasteiger partial charge in [-0.3, -0.25) is 14.6 Å². The summed E-state index contributed by atoms with van der Waals surface area (Å²) in [6.45, 7) is 12.6. The van der Waals surface area contributed by atoms with Crippen LogP contribution in [-0.4, -0.2) is 54.3 Å². The zero-order chi connectivity index (χ0) is 16.6. The first-order chi connectivity index (χ1) is 10.5. The molecule has 0 bridgehead atoms. The third-order valence-corrected chi connectivity index (χ3v) is 4.72. The van der Waals surface area contributed by atoms with Crippen molar-refractivity contribution < 1.29 is 4.79 Å². The van der Waals surface area contributed by atoms with E-state index >= 15 is 0 Å². The van der Waals surface area contributed by atoms with E-state index in [4.69, 9.17) is 5.26 Å². The number of Topliss-reactive ketones (excluding diaryl/α,β-unsaturated/α-hetero) is 1.